The van der Waals surface area contributed by atoms with Crippen LogP contribution < -0.4 is 4.90 Å². The number of carbonyl (C=O) groups excluding carboxylic acids is 1. The molecule has 0 radical (unpaired) electrons. The quantitative estimate of drug-likeness (QED) is 0.598. The van der Waals surface area contributed by atoms with Crippen molar-refractivity contribution in [1.29, 1.82) is 0 Å². The third kappa shape index (κ3) is 4.86. The summed E-state index contributed by atoms with van der Waals surface area (Å²) < 4.78 is 12.9. The zero-order chi connectivity index (χ0) is 19.5. The molecule has 0 bridgehead atoms. The number of carbonyl (C=O) groups is 1. The van der Waals surface area contributed by atoms with Crippen LogP contribution in [0, 0.1) is 5.82 Å². The van der Waals surface area contributed by atoms with Crippen LogP contribution in [0.1, 0.15) is 23.2 Å². The van der Waals surface area contributed by atoms with Crippen molar-refractivity contribution in [3.63, 3.8) is 0 Å². The van der Waals surface area contributed by atoms with Crippen LogP contribution in [0.2, 0.25) is 0 Å². The molecule has 6 nitrogen and oxygen atoms in total. The van der Waals surface area contributed by atoms with E-state index in [9.17, 15) is 14.3 Å². The number of piperazine rings is 1. The highest BCUT2D eigenvalue weighted by Gasteiger charge is 2.20. The van der Waals surface area contributed by atoms with Crippen LogP contribution in [0.25, 0.3) is 10.9 Å². The van der Waals surface area contributed by atoms with Gasteiger partial charge in [0.05, 0.1) is 5.52 Å². The topological polar surface area (TPSA) is 72.5 Å². The molecule has 0 aliphatic carbocycles. The number of anilines is 1. The van der Waals surface area contributed by atoms with Gasteiger partial charge in [-0.25, -0.2) is 4.39 Å². The number of hydrogen-bond donors (Lipinski definition) is 2. The Morgan fingerprint density at radius 1 is 1.10 bits per heavy atom. The van der Waals surface area contributed by atoms with Gasteiger partial charge in [0.2, 0.25) is 0 Å². The molecule has 0 amide bonds. The fourth-order valence-electron chi connectivity index (χ4n) is 3.66. The van der Waals surface area contributed by atoms with Crippen molar-refractivity contribution >= 4 is 34.9 Å². The van der Waals surface area contributed by atoms with Gasteiger partial charge in [-0.2, -0.15) is 5.10 Å². The van der Waals surface area contributed by atoms with Crippen molar-refractivity contribution in [1.82, 2.24) is 15.1 Å². The standard InChI is InChI=1S/C21H23FN4O2.ClH/c22-16-5-3-15(4-6-16)20(28)2-1-9-25-10-12-26(13-11-25)21-18-8-7-17(27)14-19(18)23-24-21;/h3-8,14,27H,1-2,9-13H2,(H,23,24);1H. The lowest BCUT2D eigenvalue weighted by molar-refractivity contribution is 0.0974. The predicted molar refractivity (Wildman–Crippen MR) is 114 cm³/mol. The maximum absolute atomic E-state index is 12.9. The van der Waals surface area contributed by atoms with Gasteiger partial charge in [0.1, 0.15) is 11.6 Å². The van der Waals surface area contributed by atoms with Gasteiger partial charge in [-0.15, -0.1) is 12.4 Å². The Morgan fingerprint density at radius 2 is 1.83 bits per heavy atom. The first-order valence-corrected chi connectivity index (χ1v) is 9.53. The molecule has 154 valence electrons. The smallest absolute Gasteiger partial charge is 0.162 e. The molecule has 1 aliphatic heterocycles. The molecule has 1 fully saturated rings. The Bertz CT molecular complexity index is 968. The first-order valence-electron chi connectivity index (χ1n) is 9.53. The first kappa shape index (κ1) is 21.1. The molecule has 8 heteroatoms. The van der Waals surface area contributed by atoms with Gasteiger partial charge in [0, 0.05) is 49.6 Å². The van der Waals surface area contributed by atoms with Crippen LogP contribution in [0.15, 0.2) is 42.5 Å². The van der Waals surface area contributed by atoms with E-state index >= 15 is 0 Å². The molecule has 1 aliphatic rings. The molecule has 29 heavy (non-hydrogen) atoms. The minimum atomic E-state index is -0.323. The van der Waals surface area contributed by atoms with Crippen LogP contribution in [-0.2, 0) is 0 Å². The molecular weight excluding hydrogens is 395 g/mol. The minimum Gasteiger partial charge on any atom is -0.508 e. The number of halogens is 2. The van der Waals surface area contributed by atoms with Crippen molar-refractivity contribution in [2.24, 2.45) is 0 Å². The molecule has 3 aromatic rings. The summed E-state index contributed by atoms with van der Waals surface area (Å²) in [6.45, 7) is 4.43. The second-order valence-electron chi connectivity index (χ2n) is 7.14. The van der Waals surface area contributed by atoms with E-state index in [2.05, 4.69) is 20.0 Å². The maximum atomic E-state index is 12.9. The third-order valence-electron chi connectivity index (χ3n) is 5.24. The van der Waals surface area contributed by atoms with E-state index in [1.807, 2.05) is 6.07 Å². The summed E-state index contributed by atoms with van der Waals surface area (Å²) in [5, 5.41) is 18.0. The van der Waals surface area contributed by atoms with Crippen molar-refractivity contribution < 1.29 is 14.3 Å². The number of benzene rings is 2. The second kappa shape index (κ2) is 9.24. The SMILES string of the molecule is Cl.O=C(CCCN1CCN(c2n[nH]c3cc(O)ccc23)CC1)c1ccc(F)cc1. The summed E-state index contributed by atoms with van der Waals surface area (Å²) in [5.41, 5.74) is 1.40. The number of nitrogens with one attached hydrogen (secondary N) is 1. The zero-order valence-electron chi connectivity index (χ0n) is 16.0. The van der Waals surface area contributed by atoms with E-state index in [-0.39, 0.29) is 29.8 Å². The lowest BCUT2D eigenvalue weighted by atomic mass is 10.1. The number of hydrogen-bond acceptors (Lipinski definition) is 5. The van der Waals surface area contributed by atoms with Crippen molar-refractivity contribution in [2.45, 2.75) is 12.8 Å². The van der Waals surface area contributed by atoms with Gasteiger partial charge in [0.25, 0.3) is 0 Å². The van der Waals surface area contributed by atoms with E-state index in [4.69, 9.17) is 0 Å². The van der Waals surface area contributed by atoms with Crippen LogP contribution in [-0.4, -0.2) is 58.7 Å². The van der Waals surface area contributed by atoms with Crippen molar-refractivity contribution in [3.8, 4) is 5.75 Å². The van der Waals surface area contributed by atoms with Crippen LogP contribution >= 0.6 is 12.4 Å². The Labute approximate surface area is 174 Å². The number of aromatic nitrogens is 2. The van der Waals surface area contributed by atoms with E-state index in [0.717, 1.165) is 55.9 Å². The van der Waals surface area contributed by atoms with E-state index in [1.165, 1.54) is 12.1 Å². The summed E-state index contributed by atoms with van der Waals surface area (Å²) in [5.74, 6) is 0.879. The van der Waals surface area contributed by atoms with Gasteiger partial charge < -0.3 is 10.0 Å². The molecular formula is C21H24ClFN4O2. The molecule has 2 aromatic carbocycles. The average Bonchev–Trinajstić information content (AvgIpc) is 3.12. The number of rotatable bonds is 6. The van der Waals surface area contributed by atoms with E-state index in [1.54, 1.807) is 24.3 Å². The Morgan fingerprint density at radius 3 is 2.55 bits per heavy atom. The zero-order valence-corrected chi connectivity index (χ0v) is 16.8. The summed E-state index contributed by atoms with van der Waals surface area (Å²) in [4.78, 5) is 16.8. The molecule has 0 spiro atoms. The first-order chi connectivity index (χ1) is 13.6. The summed E-state index contributed by atoms with van der Waals surface area (Å²) in [7, 11) is 0. The predicted octanol–water partition coefficient (Wildman–Crippen LogP) is 3.61. The third-order valence-corrected chi connectivity index (χ3v) is 5.24. The normalized spacial score (nSPS) is 14.7. The molecule has 0 unspecified atom stereocenters. The number of nitrogens with zero attached hydrogens (tertiary/aromatic N) is 3. The molecule has 1 saturated heterocycles. The average molecular weight is 419 g/mol. The second-order valence-corrected chi connectivity index (χ2v) is 7.14. The number of phenols is 1. The van der Waals surface area contributed by atoms with Gasteiger partial charge >= 0.3 is 0 Å². The highest BCUT2D eigenvalue weighted by molar-refractivity contribution is 5.96. The number of phenolic OH excluding ortho intramolecular Hbond substituents is 1. The van der Waals surface area contributed by atoms with Crippen LogP contribution in [0.3, 0.4) is 0 Å². The highest BCUT2D eigenvalue weighted by Crippen LogP contribution is 2.27. The lowest BCUT2D eigenvalue weighted by Crippen LogP contribution is -2.46. The summed E-state index contributed by atoms with van der Waals surface area (Å²) in [6.07, 6.45) is 1.26. The van der Waals surface area contributed by atoms with E-state index in [0.29, 0.717) is 12.0 Å². The number of fused-ring (bicyclic) bond motifs is 1. The molecule has 0 atom stereocenters. The monoisotopic (exact) mass is 418 g/mol. The Balaban J connectivity index is 0.00000240. The fraction of sp³-hybridized carbons (Fsp3) is 0.333. The number of Topliss-reactive ketones (excluding diaryl/α,β-unsaturated/α-hetero) is 1. The number of ketones is 1. The van der Waals surface area contributed by atoms with Crippen LogP contribution in [0.5, 0.6) is 5.75 Å². The van der Waals surface area contributed by atoms with Crippen LogP contribution in [0.4, 0.5) is 10.2 Å². The molecule has 0 saturated carbocycles. The van der Waals surface area contributed by atoms with E-state index < -0.39 is 0 Å². The molecule has 2 heterocycles. The lowest BCUT2D eigenvalue weighted by Gasteiger charge is -2.35. The fourth-order valence-corrected chi connectivity index (χ4v) is 3.66. The Kier molecular flexibility index (Phi) is 6.71. The molecule has 1 aromatic heterocycles. The summed E-state index contributed by atoms with van der Waals surface area (Å²) >= 11 is 0. The van der Waals surface area contributed by atoms with Gasteiger partial charge in [0.15, 0.2) is 11.6 Å². The number of H-pyrrole nitrogens is 1. The molecule has 2 N–H and O–H groups in total. The molecule has 4 rings (SSSR count). The number of aromatic amines is 1. The largest absolute Gasteiger partial charge is 0.508 e. The maximum Gasteiger partial charge on any atom is 0.162 e. The van der Waals surface area contributed by atoms with Gasteiger partial charge in [-0.3, -0.25) is 14.8 Å². The Hall–Kier alpha value is -2.64. The van der Waals surface area contributed by atoms with Crippen molar-refractivity contribution in [2.75, 3.05) is 37.6 Å². The minimum absolute atomic E-state index is 0. The van der Waals surface area contributed by atoms with Crippen molar-refractivity contribution in [3.05, 3.63) is 53.8 Å². The highest BCUT2D eigenvalue weighted by atomic mass is 35.5. The van der Waals surface area contributed by atoms with Gasteiger partial charge in [-0.1, -0.05) is 0 Å². The van der Waals surface area contributed by atoms with Gasteiger partial charge in [-0.05, 0) is 49.4 Å². The number of aromatic hydroxyl groups is 1. The summed E-state index contributed by atoms with van der Waals surface area (Å²) in [6, 6.07) is 11.0.